The van der Waals surface area contributed by atoms with E-state index < -0.39 is 6.36 Å². The smallest absolute Gasteiger partial charge is 0.485 e. The van der Waals surface area contributed by atoms with Gasteiger partial charge in [0.1, 0.15) is 11.5 Å². The molecule has 0 unspecified atom stereocenters. The maximum absolute atomic E-state index is 12.6. The van der Waals surface area contributed by atoms with Crippen LogP contribution in [0.25, 0.3) is 0 Å². The van der Waals surface area contributed by atoms with Crippen molar-refractivity contribution in [3.63, 3.8) is 0 Å². The van der Waals surface area contributed by atoms with Crippen LogP contribution in [-0.4, -0.2) is 43.5 Å². The topological polar surface area (TPSA) is 102 Å². The lowest BCUT2D eigenvalue weighted by Crippen LogP contribution is -2.37. The van der Waals surface area contributed by atoms with Crippen LogP contribution in [0.5, 0.6) is 11.5 Å². The molecule has 0 aliphatic rings. The largest absolute Gasteiger partial charge is 0.573 e. The summed E-state index contributed by atoms with van der Waals surface area (Å²) in [4.78, 5) is 11.1. The first-order chi connectivity index (χ1) is 18.1. The Balaban J connectivity index is 1.50. The van der Waals surface area contributed by atoms with Crippen LogP contribution in [0.3, 0.4) is 0 Å². The van der Waals surface area contributed by atoms with Crippen molar-refractivity contribution in [3.05, 3.63) is 83.4 Å². The van der Waals surface area contributed by atoms with Crippen LogP contribution in [0.1, 0.15) is 43.3 Å². The van der Waals surface area contributed by atoms with Gasteiger partial charge in [0.25, 0.3) is 0 Å². The predicted octanol–water partition coefficient (Wildman–Crippen LogP) is 5.01. The van der Waals surface area contributed by atoms with Gasteiger partial charge in [0.05, 0.1) is 0 Å². The number of benzene rings is 2. The Kier molecular flexibility index (Phi) is 8.08. The van der Waals surface area contributed by atoms with Crippen molar-refractivity contribution in [2.45, 2.75) is 52.1 Å². The average molecular weight is 528 g/mol. The van der Waals surface area contributed by atoms with E-state index in [1.165, 1.54) is 12.1 Å². The molecule has 200 valence electrons. The van der Waals surface area contributed by atoms with Crippen LogP contribution in [-0.2, 0) is 25.0 Å². The van der Waals surface area contributed by atoms with Crippen LogP contribution in [0.15, 0.2) is 60.9 Å². The number of aryl methyl sites for hydroxylation is 1. The Bertz CT molecular complexity index is 1280. The van der Waals surface area contributed by atoms with E-state index in [0.717, 1.165) is 23.1 Å². The Labute approximate surface area is 218 Å². The number of nitrogens with one attached hydrogen (secondary N) is 1. The van der Waals surface area contributed by atoms with Gasteiger partial charge in [-0.05, 0) is 47.4 Å². The number of halogens is 3. The van der Waals surface area contributed by atoms with Crippen molar-refractivity contribution < 1.29 is 22.6 Å². The zero-order valence-corrected chi connectivity index (χ0v) is 21.2. The highest BCUT2D eigenvalue weighted by Gasteiger charge is 2.31. The molecule has 2 aromatic heterocycles. The highest BCUT2D eigenvalue weighted by Crippen LogP contribution is 2.29. The van der Waals surface area contributed by atoms with E-state index in [1.54, 1.807) is 24.5 Å². The molecule has 4 aromatic rings. The zero-order valence-electron chi connectivity index (χ0n) is 21.2. The van der Waals surface area contributed by atoms with Gasteiger partial charge in [-0.3, -0.25) is 0 Å². The first-order valence-electron chi connectivity index (χ1n) is 12.0. The van der Waals surface area contributed by atoms with Crippen LogP contribution >= 0.6 is 0 Å². The second-order valence-corrected chi connectivity index (χ2v) is 9.32. The standard InChI is InChI=1S/C26H28F3N7O2/c1-4-18-13-30-24(31-14-18)36(15-19-5-9-22(10-6-19)38-26(27,28)29)17-25(2,3)20-7-11-21(12-8-20)37-16-23-32-34-35-33-23/h5-14H,4,15-17H2,1-3H3,(H,32,33,34,35). The maximum Gasteiger partial charge on any atom is 0.573 e. The number of H-pyrrole nitrogens is 1. The van der Waals surface area contributed by atoms with Gasteiger partial charge in [0, 0.05) is 30.9 Å². The summed E-state index contributed by atoms with van der Waals surface area (Å²) >= 11 is 0. The summed E-state index contributed by atoms with van der Waals surface area (Å²) in [5, 5.41) is 13.6. The molecule has 0 atom stereocenters. The summed E-state index contributed by atoms with van der Waals surface area (Å²) in [7, 11) is 0. The van der Waals surface area contributed by atoms with Crippen molar-refractivity contribution in [1.82, 2.24) is 30.6 Å². The molecular weight excluding hydrogens is 499 g/mol. The molecule has 0 radical (unpaired) electrons. The summed E-state index contributed by atoms with van der Waals surface area (Å²) in [5.74, 6) is 1.40. The van der Waals surface area contributed by atoms with Gasteiger partial charge in [-0.15, -0.1) is 23.4 Å². The Morgan fingerprint density at radius 3 is 2.13 bits per heavy atom. The van der Waals surface area contributed by atoms with E-state index in [1.807, 2.05) is 36.1 Å². The molecule has 2 heterocycles. The van der Waals surface area contributed by atoms with Crippen molar-refractivity contribution in [2.24, 2.45) is 0 Å². The van der Waals surface area contributed by atoms with Crippen molar-refractivity contribution in [2.75, 3.05) is 11.4 Å². The summed E-state index contributed by atoms with van der Waals surface area (Å²) in [6.07, 6.45) is -0.343. The highest BCUT2D eigenvalue weighted by molar-refractivity contribution is 5.39. The Morgan fingerprint density at radius 1 is 0.895 bits per heavy atom. The van der Waals surface area contributed by atoms with Gasteiger partial charge in [-0.1, -0.05) is 50.3 Å². The molecule has 2 aromatic carbocycles. The number of nitrogens with zero attached hydrogens (tertiary/aromatic N) is 6. The molecule has 0 amide bonds. The minimum Gasteiger partial charge on any atom is -0.485 e. The molecule has 0 bridgehead atoms. The van der Waals surface area contributed by atoms with Gasteiger partial charge in [0.2, 0.25) is 11.8 Å². The number of ether oxygens (including phenoxy) is 2. The lowest BCUT2D eigenvalue weighted by Gasteiger charge is -2.33. The van der Waals surface area contributed by atoms with Crippen LogP contribution in [0.4, 0.5) is 19.1 Å². The first-order valence-corrected chi connectivity index (χ1v) is 12.0. The van der Waals surface area contributed by atoms with Gasteiger partial charge in [-0.25, -0.2) is 9.97 Å². The van der Waals surface area contributed by atoms with E-state index in [4.69, 9.17) is 4.74 Å². The minimum atomic E-state index is -4.74. The van der Waals surface area contributed by atoms with Gasteiger partial charge in [0.15, 0.2) is 6.61 Å². The van der Waals surface area contributed by atoms with Crippen molar-refractivity contribution in [1.29, 1.82) is 0 Å². The molecule has 1 N–H and O–H groups in total. The lowest BCUT2D eigenvalue weighted by molar-refractivity contribution is -0.274. The molecule has 9 nitrogen and oxygen atoms in total. The van der Waals surface area contributed by atoms with E-state index in [-0.39, 0.29) is 17.8 Å². The molecule has 0 saturated carbocycles. The number of tetrazole rings is 1. The average Bonchev–Trinajstić information content (AvgIpc) is 3.41. The first kappa shape index (κ1) is 26.8. The summed E-state index contributed by atoms with van der Waals surface area (Å²) in [6, 6.07) is 13.6. The fourth-order valence-corrected chi connectivity index (χ4v) is 3.87. The summed E-state index contributed by atoms with van der Waals surface area (Å²) in [5.41, 5.74) is 2.54. The quantitative estimate of drug-likeness (QED) is 0.290. The van der Waals surface area contributed by atoms with Crippen LogP contribution in [0, 0.1) is 0 Å². The van der Waals surface area contributed by atoms with Crippen molar-refractivity contribution >= 4 is 5.95 Å². The normalized spacial score (nSPS) is 11.8. The predicted molar refractivity (Wildman–Crippen MR) is 134 cm³/mol. The molecule has 0 saturated heterocycles. The summed E-state index contributed by atoms with van der Waals surface area (Å²) < 4.78 is 47.4. The fourth-order valence-electron chi connectivity index (χ4n) is 3.87. The molecule has 0 fully saturated rings. The maximum atomic E-state index is 12.6. The monoisotopic (exact) mass is 527 g/mol. The number of rotatable bonds is 11. The zero-order chi connectivity index (χ0) is 27.2. The van der Waals surface area contributed by atoms with Crippen LogP contribution < -0.4 is 14.4 Å². The second-order valence-electron chi connectivity index (χ2n) is 9.32. The second kappa shape index (κ2) is 11.4. The molecular formula is C26H28F3N7O2. The number of aromatic amines is 1. The lowest BCUT2D eigenvalue weighted by atomic mass is 9.84. The number of hydrogen-bond acceptors (Lipinski definition) is 8. The van der Waals surface area contributed by atoms with Gasteiger partial charge in [-0.2, -0.15) is 5.21 Å². The van der Waals surface area contributed by atoms with Gasteiger partial charge >= 0.3 is 6.36 Å². The molecule has 4 rings (SSSR count). The van der Waals surface area contributed by atoms with E-state index in [0.29, 0.717) is 30.6 Å². The van der Waals surface area contributed by atoms with E-state index in [2.05, 4.69) is 49.2 Å². The number of anilines is 1. The molecule has 38 heavy (non-hydrogen) atoms. The number of hydrogen-bond donors (Lipinski definition) is 1. The van der Waals surface area contributed by atoms with Gasteiger partial charge < -0.3 is 14.4 Å². The minimum absolute atomic E-state index is 0.199. The third-order valence-corrected chi connectivity index (χ3v) is 5.89. The van der Waals surface area contributed by atoms with E-state index >= 15 is 0 Å². The summed E-state index contributed by atoms with van der Waals surface area (Å²) in [6.45, 7) is 7.38. The number of aromatic nitrogens is 6. The molecule has 0 spiro atoms. The Morgan fingerprint density at radius 2 is 1.55 bits per heavy atom. The van der Waals surface area contributed by atoms with E-state index in [9.17, 15) is 13.2 Å². The molecule has 0 aliphatic carbocycles. The SMILES string of the molecule is CCc1cnc(N(Cc2ccc(OC(F)(F)F)cc2)CC(C)(C)c2ccc(OCc3nn[nH]n3)cc2)nc1. The fraction of sp³-hybridized carbons (Fsp3) is 0.346. The highest BCUT2D eigenvalue weighted by atomic mass is 19.4. The van der Waals surface area contributed by atoms with Crippen molar-refractivity contribution in [3.8, 4) is 11.5 Å². The Hall–Kier alpha value is -4.22. The molecule has 0 aliphatic heterocycles. The third-order valence-electron chi connectivity index (χ3n) is 5.89. The number of alkyl halides is 3. The molecule has 12 heteroatoms. The third kappa shape index (κ3) is 7.40. The van der Waals surface area contributed by atoms with Crippen LogP contribution in [0.2, 0.25) is 0 Å².